The summed E-state index contributed by atoms with van der Waals surface area (Å²) < 4.78 is 13.2. The molecule has 1 N–H and O–H groups in total. The first kappa shape index (κ1) is 15.0. The number of halogens is 1. The average molecular weight is 278 g/mol. The maximum Gasteiger partial charge on any atom is 0.228 e. The predicted molar refractivity (Wildman–Crippen MR) is 77.7 cm³/mol. The summed E-state index contributed by atoms with van der Waals surface area (Å²) in [6.07, 6.45) is 1.73. The van der Waals surface area contributed by atoms with Crippen LogP contribution in [0.25, 0.3) is 0 Å². The molecule has 0 saturated carbocycles. The molecule has 1 heterocycles. The summed E-state index contributed by atoms with van der Waals surface area (Å²) in [4.78, 5) is 14.6. The van der Waals surface area contributed by atoms with Crippen LogP contribution in [0.1, 0.15) is 32.3 Å². The zero-order valence-corrected chi connectivity index (χ0v) is 12.3. The number of amides is 1. The summed E-state index contributed by atoms with van der Waals surface area (Å²) in [7, 11) is 0. The van der Waals surface area contributed by atoms with Crippen LogP contribution in [0.3, 0.4) is 0 Å². The Morgan fingerprint density at radius 1 is 1.40 bits per heavy atom. The van der Waals surface area contributed by atoms with Gasteiger partial charge in [-0.1, -0.05) is 19.1 Å². The van der Waals surface area contributed by atoms with Crippen LogP contribution in [0.2, 0.25) is 0 Å². The Bertz CT molecular complexity index is 469. The van der Waals surface area contributed by atoms with Crippen LogP contribution in [0.15, 0.2) is 24.3 Å². The molecule has 0 unspecified atom stereocenters. The highest BCUT2D eigenvalue weighted by atomic mass is 19.1. The SMILES string of the molecule is CCN(Cc1cccc(F)c1)C(=O)C1(C)CCNCC1. The van der Waals surface area contributed by atoms with Gasteiger partial charge in [0.25, 0.3) is 0 Å². The van der Waals surface area contributed by atoms with Crippen molar-refractivity contribution < 1.29 is 9.18 Å². The second-order valence-electron chi connectivity index (χ2n) is 5.76. The topological polar surface area (TPSA) is 32.3 Å². The minimum atomic E-state index is -0.283. The van der Waals surface area contributed by atoms with E-state index in [0.29, 0.717) is 13.1 Å². The number of carbonyl (C=O) groups excluding carboxylic acids is 1. The van der Waals surface area contributed by atoms with E-state index in [2.05, 4.69) is 5.32 Å². The van der Waals surface area contributed by atoms with Gasteiger partial charge in [-0.3, -0.25) is 4.79 Å². The fraction of sp³-hybridized carbons (Fsp3) is 0.562. The molecular formula is C16H23FN2O. The number of piperidine rings is 1. The highest BCUT2D eigenvalue weighted by molar-refractivity contribution is 5.82. The largest absolute Gasteiger partial charge is 0.338 e. The van der Waals surface area contributed by atoms with E-state index in [1.165, 1.54) is 12.1 Å². The molecular weight excluding hydrogens is 255 g/mol. The number of nitrogens with zero attached hydrogens (tertiary/aromatic N) is 1. The lowest BCUT2D eigenvalue weighted by Crippen LogP contribution is -2.47. The summed E-state index contributed by atoms with van der Waals surface area (Å²) in [6.45, 7) is 6.93. The van der Waals surface area contributed by atoms with Gasteiger partial charge >= 0.3 is 0 Å². The number of hydrogen-bond acceptors (Lipinski definition) is 2. The van der Waals surface area contributed by atoms with Crippen LogP contribution >= 0.6 is 0 Å². The van der Waals surface area contributed by atoms with Gasteiger partial charge in [0.1, 0.15) is 5.82 Å². The molecule has 110 valence electrons. The Morgan fingerprint density at radius 3 is 2.70 bits per heavy atom. The van der Waals surface area contributed by atoms with Crippen LogP contribution in [-0.2, 0) is 11.3 Å². The van der Waals surface area contributed by atoms with Gasteiger partial charge in [0.05, 0.1) is 0 Å². The second-order valence-corrected chi connectivity index (χ2v) is 5.76. The standard InChI is InChI=1S/C16H23FN2O/c1-3-19(12-13-5-4-6-14(17)11-13)15(20)16(2)7-9-18-10-8-16/h4-6,11,18H,3,7-10,12H2,1-2H3. The lowest BCUT2D eigenvalue weighted by Gasteiger charge is -2.37. The van der Waals surface area contributed by atoms with Crippen LogP contribution < -0.4 is 5.32 Å². The highest BCUT2D eigenvalue weighted by Crippen LogP contribution is 2.30. The van der Waals surface area contributed by atoms with Crippen molar-refractivity contribution in [1.29, 1.82) is 0 Å². The zero-order chi connectivity index (χ0) is 14.6. The summed E-state index contributed by atoms with van der Waals surface area (Å²) in [6, 6.07) is 6.48. The third kappa shape index (κ3) is 3.37. The Hall–Kier alpha value is -1.42. The molecule has 0 spiro atoms. The minimum Gasteiger partial charge on any atom is -0.338 e. The maximum atomic E-state index is 13.2. The first-order chi connectivity index (χ1) is 9.55. The third-order valence-electron chi connectivity index (χ3n) is 4.15. The van der Waals surface area contributed by atoms with E-state index in [1.54, 1.807) is 6.07 Å². The highest BCUT2D eigenvalue weighted by Gasteiger charge is 2.37. The van der Waals surface area contributed by atoms with Gasteiger partial charge in [-0.25, -0.2) is 4.39 Å². The number of rotatable bonds is 4. The van der Waals surface area contributed by atoms with Crippen LogP contribution in [0.5, 0.6) is 0 Å². The summed E-state index contributed by atoms with van der Waals surface area (Å²) in [5, 5.41) is 3.29. The van der Waals surface area contributed by atoms with Crippen molar-refractivity contribution >= 4 is 5.91 Å². The molecule has 1 aromatic carbocycles. The van der Waals surface area contributed by atoms with Crippen LogP contribution in [0, 0.1) is 11.2 Å². The van der Waals surface area contributed by atoms with Gasteiger partial charge in [-0.2, -0.15) is 0 Å². The molecule has 2 rings (SSSR count). The van der Waals surface area contributed by atoms with E-state index in [1.807, 2.05) is 24.8 Å². The van der Waals surface area contributed by atoms with Crippen molar-refractivity contribution in [2.75, 3.05) is 19.6 Å². The second kappa shape index (κ2) is 6.35. The number of carbonyl (C=O) groups is 1. The quantitative estimate of drug-likeness (QED) is 0.918. The van der Waals surface area contributed by atoms with Crippen molar-refractivity contribution in [2.45, 2.75) is 33.2 Å². The average Bonchev–Trinajstić information content (AvgIpc) is 2.45. The van der Waals surface area contributed by atoms with Gasteiger partial charge in [-0.15, -0.1) is 0 Å². The predicted octanol–water partition coefficient (Wildman–Crippen LogP) is 2.56. The molecule has 0 atom stereocenters. The molecule has 1 amide bonds. The third-order valence-corrected chi connectivity index (χ3v) is 4.15. The maximum absolute atomic E-state index is 13.2. The van der Waals surface area contributed by atoms with Crippen molar-refractivity contribution in [2.24, 2.45) is 5.41 Å². The van der Waals surface area contributed by atoms with Crippen molar-refractivity contribution in [3.63, 3.8) is 0 Å². The van der Waals surface area contributed by atoms with Crippen molar-refractivity contribution in [1.82, 2.24) is 10.2 Å². The molecule has 4 heteroatoms. The molecule has 1 aliphatic heterocycles. The minimum absolute atomic E-state index is 0.186. The van der Waals surface area contributed by atoms with Gasteiger partial charge in [0, 0.05) is 18.5 Å². The lowest BCUT2D eigenvalue weighted by molar-refractivity contribution is -0.143. The molecule has 1 saturated heterocycles. The van der Waals surface area contributed by atoms with Gasteiger partial charge in [0.2, 0.25) is 5.91 Å². The molecule has 1 fully saturated rings. The molecule has 1 aliphatic rings. The Labute approximate surface area is 120 Å². The summed E-state index contributed by atoms with van der Waals surface area (Å²) in [5.41, 5.74) is 0.562. The molecule has 0 aromatic heterocycles. The molecule has 0 radical (unpaired) electrons. The molecule has 1 aromatic rings. The number of benzene rings is 1. The van der Waals surface area contributed by atoms with Crippen LogP contribution in [-0.4, -0.2) is 30.4 Å². The van der Waals surface area contributed by atoms with Gasteiger partial charge in [0.15, 0.2) is 0 Å². The molecule has 0 aliphatic carbocycles. The Kier molecular flexibility index (Phi) is 4.76. The summed E-state index contributed by atoms with van der Waals surface area (Å²) >= 11 is 0. The fourth-order valence-electron chi connectivity index (χ4n) is 2.76. The van der Waals surface area contributed by atoms with Gasteiger partial charge < -0.3 is 10.2 Å². The first-order valence-electron chi connectivity index (χ1n) is 7.30. The monoisotopic (exact) mass is 278 g/mol. The zero-order valence-electron chi connectivity index (χ0n) is 12.3. The molecule has 20 heavy (non-hydrogen) atoms. The lowest BCUT2D eigenvalue weighted by atomic mass is 9.79. The Balaban J connectivity index is 2.09. The normalized spacial score (nSPS) is 17.8. The fourth-order valence-corrected chi connectivity index (χ4v) is 2.76. The first-order valence-corrected chi connectivity index (χ1v) is 7.30. The Morgan fingerprint density at radius 2 is 2.10 bits per heavy atom. The molecule has 3 nitrogen and oxygen atoms in total. The van der Waals surface area contributed by atoms with E-state index in [9.17, 15) is 9.18 Å². The van der Waals surface area contributed by atoms with E-state index >= 15 is 0 Å². The smallest absolute Gasteiger partial charge is 0.228 e. The summed E-state index contributed by atoms with van der Waals surface area (Å²) in [5.74, 6) is -0.0650. The van der Waals surface area contributed by atoms with Crippen molar-refractivity contribution in [3.05, 3.63) is 35.6 Å². The van der Waals surface area contributed by atoms with E-state index in [4.69, 9.17) is 0 Å². The molecule has 0 bridgehead atoms. The van der Waals surface area contributed by atoms with E-state index in [-0.39, 0.29) is 17.1 Å². The van der Waals surface area contributed by atoms with E-state index in [0.717, 1.165) is 31.5 Å². The number of hydrogen-bond donors (Lipinski definition) is 1. The van der Waals surface area contributed by atoms with Crippen LogP contribution in [0.4, 0.5) is 4.39 Å². The van der Waals surface area contributed by atoms with Crippen molar-refractivity contribution in [3.8, 4) is 0 Å². The van der Waals surface area contributed by atoms with E-state index < -0.39 is 0 Å². The van der Waals surface area contributed by atoms with Gasteiger partial charge in [-0.05, 0) is 50.6 Å². The number of nitrogens with one attached hydrogen (secondary N) is 1.